The molecule has 2 heterocycles. The number of anilines is 1. The van der Waals surface area contributed by atoms with E-state index in [4.69, 9.17) is 10.5 Å². The fourth-order valence-corrected chi connectivity index (χ4v) is 5.93. The maximum atomic E-state index is 12.6. The van der Waals surface area contributed by atoms with Crippen LogP contribution in [-0.2, 0) is 31.3 Å². The van der Waals surface area contributed by atoms with Crippen LogP contribution in [0.15, 0.2) is 29.4 Å². The summed E-state index contributed by atoms with van der Waals surface area (Å²) in [6, 6.07) is 7.80. The number of thiophene rings is 1. The third-order valence-corrected chi connectivity index (χ3v) is 7.85. The first kappa shape index (κ1) is 23.3. The molecule has 1 aliphatic rings. The Labute approximate surface area is 200 Å². The van der Waals surface area contributed by atoms with Crippen LogP contribution in [0.25, 0.3) is 0 Å². The Morgan fingerprint density at radius 3 is 2.79 bits per heavy atom. The van der Waals surface area contributed by atoms with Crippen LogP contribution in [0.5, 0.6) is 5.75 Å². The normalized spacial score (nSPS) is 15.2. The van der Waals surface area contributed by atoms with Crippen molar-refractivity contribution in [1.29, 1.82) is 0 Å². The number of carbonyl (C=O) groups excluding carboxylic acids is 2. The summed E-state index contributed by atoms with van der Waals surface area (Å²) in [7, 11) is 1.84. The van der Waals surface area contributed by atoms with Gasteiger partial charge in [-0.3, -0.25) is 9.59 Å². The van der Waals surface area contributed by atoms with Gasteiger partial charge >= 0.3 is 0 Å². The van der Waals surface area contributed by atoms with Crippen LogP contribution < -0.4 is 15.8 Å². The van der Waals surface area contributed by atoms with E-state index in [0.29, 0.717) is 27.5 Å². The number of thioether (sulfide) groups is 1. The lowest BCUT2D eigenvalue weighted by Gasteiger charge is -2.18. The highest BCUT2D eigenvalue weighted by atomic mass is 32.2. The molecule has 0 saturated carbocycles. The van der Waals surface area contributed by atoms with Gasteiger partial charge in [0, 0.05) is 11.9 Å². The first-order chi connectivity index (χ1) is 15.8. The zero-order valence-electron chi connectivity index (χ0n) is 18.9. The number of aromatic nitrogens is 3. The predicted molar refractivity (Wildman–Crippen MR) is 130 cm³/mol. The van der Waals surface area contributed by atoms with Crippen molar-refractivity contribution in [2.75, 3.05) is 11.1 Å². The molecule has 1 aromatic carbocycles. The standard InChI is InChI=1S/C23H27N5O3S2/c1-13-4-7-15(8-5-13)31-11-18-26-27-23(28(18)3)32-12-19(29)25-22-20(21(24)30)16-9-6-14(2)10-17(16)33-22/h4-5,7-8,14H,6,9-12H2,1-3H3,(H2,24,30)(H,25,29). The van der Waals surface area contributed by atoms with Crippen LogP contribution in [0.1, 0.15) is 45.5 Å². The lowest BCUT2D eigenvalue weighted by atomic mass is 9.88. The molecular formula is C23H27N5O3S2. The summed E-state index contributed by atoms with van der Waals surface area (Å²) in [5.41, 5.74) is 8.27. The summed E-state index contributed by atoms with van der Waals surface area (Å²) in [6.45, 7) is 4.50. The second-order valence-electron chi connectivity index (χ2n) is 8.32. The molecule has 10 heteroatoms. The number of aryl methyl sites for hydroxylation is 1. The zero-order chi connectivity index (χ0) is 23.5. The van der Waals surface area contributed by atoms with Gasteiger partial charge in [0.05, 0.1) is 11.3 Å². The summed E-state index contributed by atoms with van der Waals surface area (Å²) in [5.74, 6) is 1.43. The number of hydrogen-bond donors (Lipinski definition) is 2. The minimum atomic E-state index is -0.489. The van der Waals surface area contributed by atoms with Crippen LogP contribution in [0.2, 0.25) is 0 Å². The van der Waals surface area contributed by atoms with E-state index in [9.17, 15) is 9.59 Å². The smallest absolute Gasteiger partial charge is 0.251 e. The van der Waals surface area contributed by atoms with Crippen molar-refractivity contribution in [1.82, 2.24) is 14.8 Å². The molecule has 3 N–H and O–H groups in total. The summed E-state index contributed by atoms with van der Waals surface area (Å²) >= 11 is 2.74. The van der Waals surface area contributed by atoms with Gasteiger partial charge in [0.1, 0.15) is 17.4 Å². The number of ether oxygens (including phenoxy) is 1. The number of benzene rings is 1. The maximum Gasteiger partial charge on any atom is 0.251 e. The van der Waals surface area contributed by atoms with Crippen molar-refractivity contribution in [3.8, 4) is 5.75 Å². The van der Waals surface area contributed by atoms with Crippen LogP contribution in [-0.4, -0.2) is 32.3 Å². The molecule has 2 amide bonds. The van der Waals surface area contributed by atoms with E-state index in [0.717, 1.165) is 41.0 Å². The molecule has 0 spiro atoms. The highest BCUT2D eigenvalue weighted by molar-refractivity contribution is 7.99. The average molecular weight is 486 g/mol. The summed E-state index contributed by atoms with van der Waals surface area (Å²) in [5, 5.41) is 12.4. The molecule has 8 nitrogen and oxygen atoms in total. The Hall–Kier alpha value is -2.85. The fourth-order valence-electron chi connectivity index (χ4n) is 3.77. The van der Waals surface area contributed by atoms with Crippen molar-refractivity contribution in [3.05, 3.63) is 51.7 Å². The van der Waals surface area contributed by atoms with Crippen molar-refractivity contribution in [2.24, 2.45) is 18.7 Å². The first-order valence-electron chi connectivity index (χ1n) is 10.8. The number of nitrogens with one attached hydrogen (secondary N) is 1. The number of nitrogens with zero attached hydrogens (tertiary/aromatic N) is 3. The summed E-state index contributed by atoms with van der Waals surface area (Å²) in [4.78, 5) is 25.8. The quantitative estimate of drug-likeness (QED) is 0.470. The van der Waals surface area contributed by atoms with Gasteiger partial charge in [0.2, 0.25) is 5.91 Å². The molecule has 0 aliphatic heterocycles. The topological polar surface area (TPSA) is 112 Å². The Kier molecular flexibility index (Phi) is 7.04. The monoisotopic (exact) mass is 485 g/mol. The van der Waals surface area contributed by atoms with E-state index in [1.165, 1.54) is 23.1 Å². The van der Waals surface area contributed by atoms with Crippen molar-refractivity contribution in [3.63, 3.8) is 0 Å². The second kappa shape index (κ2) is 9.96. The SMILES string of the molecule is Cc1ccc(OCc2nnc(SCC(=O)Nc3sc4c(c3C(N)=O)CCC(C)C4)n2C)cc1. The van der Waals surface area contributed by atoms with E-state index in [-0.39, 0.29) is 18.3 Å². The molecule has 4 rings (SSSR count). The lowest BCUT2D eigenvalue weighted by molar-refractivity contribution is -0.113. The van der Waals surface area contributed by atoms with Gasteiger partial charge < -0.3 is 20.4 Å². The van der Waals surface area contributed by atoms with Crippen LogP contribution in [0.4, 0.5) is 5.00 Å². The van der Waals surface area contributed by atoms with Gasteiger partial charge in [-0.05, 0) is 49.8 Å². The number of carbonyl (C=O) groups is 2. The number of fused-ring (bicyclic) bond motifs is 1. The van der Waals surface area contributed by atoms with Gasteiger partial charge in [0.15, 0.2) is 11.0 Å². The third kappa shape index (κ3) is 5.39. The van der Waals surface area contributed by atoms with E-state index < -0.39 is 5.91 Å². The molecule has 2 aromatic heterocycles. The molecule has 1 atom stereocenters. The van der Waals surface area contributed by atoms with E-state index >= 15 is 0 Å². The van der Waals surface area contributed by atoms with Crippen molar-refractivity contribution in [2.45, 2.75) is 44.9 Å². The van der Waals surface area contributed by atoms with E-state index in [1.54, 1.807) is 0 Å². The lowest BCUT2D eigenvalue weighted by Crippen LogP contribution is -2.20. The second-order valence-corrected chi connectivity index (χ2v) is 10.4. The minimum Gasteiger partial charge on any atom is -0.486 e. The first-order valence-corrected chi connectivity index (χ1v) is 12.6. The van der Waals surface area contributed by atoms with Gasteiger partial charge in [-0.1, -0.05) is 36.4 Å². The Balaban J connectivity index is 1.36. The third-order valence-electron chi connectivity index (χ3n) is 5.66. The number of hydrogen-bond acceptors (Lipinski definition) is 7. The molecule has 0 radical (unpaired) electrons. The summed E-state index contributed by atoms with van der Waals surface area (Å²) < 4.78 is 7.59. The van der Waals surface area contributed by atoms with Gasteiger partial charge in [-0.25, -0.2) is 0 Å². The molecule has 0 bridgehead atoms. The number of rotatable bonds is 8. The molecule has 1 aliphatic carbocycles. The highest BCUT2D eigenvalue weighted by Gasteiger charge is 2.27. The molecule has 3 aromatic rings. The fraction of sp³-hybridized carbons (Fsp3) is 0.391. The molecule has 174 valence electrons. The Bertz CT molecular complexity index is 1170. The number of primary amides is 1. The van der Waals surface area contributed by atoms with Crippen molar-refractivity contribution >= 4 is 39.9 Å². The highest BCUT2D eigenvalue weighted by Crippen LogP contribution is 2.39. The average Bonchev–Trinajstić information content (AvgIpc) is 3.31. The van der Waals surface area contributed by atoms with Gasteiger partial charge in [0.25, 0.3) is 5.91 Å². The van der Waals surface area contributed by atoms with Gasteiger partial charge in [-0.2, -0.15) is 0 Å². The number of nitrogens with two attached hydrogens (primary N) is 1. The Morgan fingerprint density at radius 2 is 2.06 bits per heavy atom. The largest absolute Gasteiger partial charge is 0.486 e. The minimum absolute atomic E-state index is 0.141. The van der Waals surface area contributed by atoms with Gasteiger partial charge in [-0.15, -0.1) is 21.5 Å². The molecule has 33 heavy (non-hydrogen) atoms. The molecular weight excluding hydrogens is 458 g/mol. The Morgan fingerprint density at radius 1 is 1.30 bits per heavy atom. The number of amides is 2. The zero-order valence-corrected chi connectivity index (χ0v) is 20.5. The predicted octanol–water partition coefficient (Wildman–Crippen LogP) is 3.72. The molecule has 1 unspecified atom stereocenters. The van der Waals surface area contributed by atoms with Crippen LogP contribution in [0.3, 0.4) is 0 Å². The van der Waals surface area contributed by atoms with Crippen molar-refractivity contribution < 1.29 is 14.3 Å². The maximum absolute atomic E-state index is 12.6. The van der Waals surface area contributed by atoms with Crippen LogP contribution >= 0.6 is 23.1 Å². The molecule has 0 fully saturated rings. The van der Waals surface area contributed by atoms with E-state index in [1.807, 2.05) is 42.8 Å². The van der Waals surface area contributed by atoms with Crippen LogP contribution in [0, 0.1) is 12.8 Å². The van der Waals surface area contributed by atoms with E-state index in [2.05, 4.69) is 22.4 Å². The molecule has 0 saturated heterocycles. The summed E-state index contributed by atoms with van der Waals surface area (Å²) in [6.07, 6.45) is 2.76.